The van der Waals surface area contributed by atoms with Crippen LogP contribution in [-0.4, -0.2) is 14.7 Å². The summed E-state index contributed by atoms with van der Waals surface area (Å²) in [6.45, 7) is 3.94. The third-order valence-electron chi connectivity index (χ3n) is 5.55. The van der Waals surface area contributed by atoms with Crippen molar-refractivity contribution < 1.29 is 4.52 Å². The molecular weight excluding hydrogens is 364 g/mol. The molecule has 6 nitrogen and oxygen atoms in total. The zero-order valence-corrected chi connectivity index (χ0v) is 16.7. The van der Waals surface area contributed by atoms with Crippen molar-refractivity contribution >= 4 is 22.4 Å². The first kappa shape index (κ1) is 17.7. The van der Waals surface area contributed by atoms with Gasteiger partial charge in [-0.1, -0.05) is 11.2 Å². The fourth-order valence-electron chi connectivity index (χ4n) is 3.70. The second-order valence-corrected chi connectivity index (χ2v) is 7.85. The minimum absolute atomic E-state index is 0.0270. The van der Waals surface area contributed by atoms with Crippen molar-refractivity contribution in [1.82, 2.24) is 14.7 Å². The molecule has 0 bridgehead atoms. The lowest BCUT2D eigenvalue weighted by atomic mass is 9.99. The quantitative estimate of drug-likeness (QED) is 0.544. The molecule has 5 rings (SSSR count). The highest BCUT2D eigenvalue weighted by molar-refractivity contribution is 5.85. The number of benzene rings is 1. The molecule has 0 amide bonds. The minimum atomic E-state index is -0.0270. The first-order valence-electron chi connectivity index (χ1n) is 9.80. The average Bonchev–Trinajstić information content (AvgIpc) is 3.46. The summed E-state index contributed by atoms with van der Waals surface area (Å²) in [6, 6.07) is 11.8. The SMILES string of the molecule is Cc1cc2c(cn1)cc(-c1cc(Nc3cc(C4CC4)on3)ccc1C)c(=O)n2C. The normalized spacial score (nSPS) is 13.8. The lowest BCUT2D eigenvalue weighted by molar-refractivity contribution is 0.387. The Kier molecular flexibility index (Phi) is 4.01. The summed E-state index contributed by atoms with van der Waals surface area (Å²) in [5.74, 6) is 2.14. The Balaban J connectivity index is 1.56. The Morgan fingerprint density at radius 1 is 1.10 bits per heavy atom. The number of aryl methyl sites for hydroxylation is 3. The van der Waals surface area contributed by atoms with Gasteiger partial charge in [0, 0.05) is 47.6 Å². The Morgan fingerprint density at radius 3 is 2.72 bits per heavy atom. The molecular formula is C23H22N4O2. The molecule has 1 aliphatic rings. The average molecular weight is 386 g/mol. The highest BCUT2D eigenvalue weighted by Crippen LogP contribution is 2.41. The van der Waals surface area contributed by atoms with Gasteiger partial charge < -0.3 is 14.4 Å². The number of nitrogens with zero attached hydrogens (tertiary/aromatic N) is 3. The molecule has 0 radical (unpaired) electrons. The van der Waals surface area contributed by atoms with Crippen molar-refractivity contribution in [2.75, 3.05) is 5.32 Å². The largest absolute Gasteiger partial charge is 0.359 e. The predicted molar refractivity (Wildman–Crippen MR) is 114 cm³/mol. The van der Waals surface area contributed by atoms with Crippen LogP contribution in [0.4, 0.5) is 11.5 Å². The summed E-state index contributed by atoms with van der Waals surface area (Å²) in [5.41, 5.74) is 5.20. The van der Waals surface area contributed by atoms with E-state index in [4.69, 9.17) is 4.52 Å². The number of anilines is 2. The summed E-state index contributed by atoms with van der Waals surface area (Å²) in [7, 11) is 1.81. The van der Waals surface area contributed by atoms with Crippen LogP contribution in [-0.2, 0) is 7.05 Å². The maximum absolute atomic E-state index is 13.1. The van der Waals surface area contributed by atoms with E-state index in [9.17, 15) is 4.79 Å². The molecule has 3 aromatic heterocycles. The topological polar surface area (TPSA) is 73.0 Å². The van der Waals surface area contributed by atoms with Gasteiger partial charge in [0.2, 0.25) is 0 Å². The van der Waals surface area contributed by atoms with Gasteiger partial charge in [0.25, 0.3) is 5.56 Å². The molecule has 0 atom stereocenters. The van der Waals surface area contributed by atoms with Crippen molar-refractivity contribution in [2.24, 2.45) is 7.05 Å². The zero-order valence-electron chi connectivity index (χ0n) is 16.7. The van der Waals surface area contributed by atoms with E-state index in [1.807, 2.05) is 56.4 Å². The molecule has 0 unspecified atom stereocenters. The van der Waals surface area contributed by atoms with E-state index in [0.29, 0.717) is 17.3 Å². The van der Waals surface area contributed by atoms with Crippen LogP contribution in [0, 0.1) is 13.8 Å². The molecule has 6 heteroatoms. The van der Waals surface area contributed by atoms with Crippen LogP contribution in [0.15, 0.2) is 51.9 Å². The molecule has 146 valence electrons. The van der Waals surface area contributed by atoms with Gasteiger partial charge in [-0.3, -0.25) is 9.78 Å². The molecule has 1 N–H and O–H groups in total. The summed E-state index contributed by atoms with van der Waals surface area (Å²) in [5, 5.41) is 8.36. The highest BCUT2D eigenvalue weighted by atomic mass is 16.5. The summed E-state index contributed by atoms with van der Waals surface area (Å²) in [6.07, 6.45) is 4.16. The molecule has 1 aromatic carbocycles. The molecule has 29 heavy (non-hydrogen) atoms. The Morgan fingerprint density at radius 2 is 1.93 bits per heavy atom. The number of aromatic nitrogens is 3. The molecule has 3 heterocycles. The highest BCUT2D eigenvalue weighted by Gasteiger charge is 2.27. The Hall–Kier alpha value is -3.41. The molecule has 0 spiro atoms. The smallest absolute Gasteiger partial charge is 0.258 e. The van der Waals surface area contributed by atoms with Crippen LogP contribution in [0.5, 0.6) is 0 Å². The van der Waals surface area contributed by atoms with E-state index in [1.165, 1.54) is 12.8 Å². The Labute approximate surface area is 168 Å². The molecule has 4 aromatic rings. The minimum Gasteiger partial charge on any atom is -0.359 e. The maximum Gasteiger partial charge on any atom is 0.258 e. The molecule has 1 saturated carbocycles. The first-order chi connectivity index (χ1) is 14.0. The van der Waals surface area contributed by atoms with Gasteiger partial charge in [0.15, 0.2) is 5.82 Å². The van der Waals surface area contributed by atoms with Gasteiger partial charge >= 0.3 is 0 Å². The van der Waals surface area contributed by atoms with Gasteiger partial charge in [0.1, 0.15) is 5.76 Å². The van der Waals surface area contributed by atoms with Crippen molar-refractivity contribution in [3.05, 3.63) is 70.0 Å². The van der Waals surface area contributed by atoms with Gasteiger partial charge in [-0.15, -0.1) is 0 Å². The van der Waals surface area contributed by atoms with Crippen LogP contribution in [0.25, 0.3) is 22.0 Å². The van der Waals surface area contributed by atoms with Crippen molar-refractivity contribution in [1.29, 1.82) is 0 Å². The first-order valence-corrected chi connectivity index (χ1v) is 9.80. The standard InChI is InChI=1S/C23H22N4O2/c1-13-4-7-17(25-22-11-21(29-26-22)15-5-6-15)10-18(13)19-9-16-12-24-14(2)8-20(16)27(3)23(19)28/h4,7-12,15H,5-6H2,1-3H3,(H,25,26). The lowest BCUT2D eigenvalue weighted by Crippen LogP contribution is -2.19. The fraction of sp³-hybridized carbons (Fsp3) is 0.261. The zero-order chi connectivity index (χ0) is 20.1. The van der Waals surface area contributed by atoms with Crippen molar-refractivity contribution in [3.8, 4) is 11.1 Å². The number of nitrogens with one attached hydrogen (secondary N) is 1. The molecule has 1 fully saturated rings. The van der Waals surface area contributed by atoms with Gasteiger partial charge in [-0.05, 0) is 62.1 Å². The number of hydrogen-bond donors (Lipinski definition) is 1. The third kappa shape index (κ3) is 3.20. The summed E-state index contributed by atoms with van der Waals surface area (Å²) >= 11 is 0. The predicted octanol–water partition coefficient (Wildman–Crippen LogP) is 4.83. The van der Waals surface area contributed by atoms with Crippen molar-refractivity contribution in [3.63, 3.8) is 0 Å². The van der Waals surface area contributed by atoms with Gasteiger partial charge in [-0.25, -0.2) is 0 Å². The van der Waals surface area contributed by atoms with Crippen LogP contribution >= 0.6 is 0 Å². The second kappa shape index (κ2) is 6.58. The van der Waals surface area contributed by atoms with E-state index < -0.39 is 0 Å². The molecule has 1 aliphatic carbocycles. The number of pyridine rings is 2. The van der Waals surface area contributed by atoms with Crippen LogP contribution in [0.3, 0.4) is 0 Å². The Bertz CT molecular complexity index is 1300. The maximum atomic E-state index is 13.1. The van der Waals surface area contributed by atoms with Crippen LogP contribution in [0.1, 0.15) is 35.8 Å². The van der Waals surface area contributed by atoms with Crippen LogP contribution in [0.2, 0.25) is 0 Å². The lowest BCUT2D eigenvalue weighted by Gasteiger charge is -2.13. The van der Waals surface area contributed by atoms with Gasteiger partial charge in [0.05, 0.1) is 5.52 Å². The molecule has 0 aliphatic heterocycles. The fourth-order valence-corrected chi connectivity index (χ4v) is 3.70. The van der Waals surface area contributed by atoms with Gasteiger partial charge in [-0.2, -0.15) is 0 Å². The van der Waals surface area contributed by atoms with E-state index >= 15 is 0 Å². The summed E-state index contributed by atoms with van der Waals surface area (Å²) < 4.78 is 7.11. The second-order valence-electron chi connectivity index (χ2n) is 7.85. The van der Waals surface area contributed by atoms with E-state index in [2.05, 4.69) is 15.5 Å². The number of rotatable bonds is 4. The van der Waals surface area contributed by atoms with E-state index in [1.54, 1.807) is 11.6 Å². The van der Waals surface area contributed by atoms with Crippen molar-refractivity contribution in [2.45, 2.75) is 32.6 Å². The molecule has 0 saturated heterocycles. The van der Waals surface area contributed by atoms with E-state index in [-0.39, 0.29) is 5.56 Å². The summed E-state index contributed by atoms with van der Waals surface area (Å²) in [4.78, 5) is 17.5. The third-order valence-corrected chi connectivity index (χ3v) is 5.55. The van der Waals surface area contributed by atoms with Crippen LogP contribution < -0.4 is 10.9 Å². The number of fused-ring (bicyclic) bond motifs is 1. The van der Waals surface area contributed by atoms with E-state index in [0.717, 1.165) is 39.2 Å². The monoisotopic (exact) mass is 386 g/mol. The number of hydrogen-bond acceptors (Lipinski definition) is 5.